The number of amides is 2. The minimum absolute atomic E-state index is 0.374. The molecule has 1 aromatic carbocycles. The summed E-state index contributed by atoms with van der Waals surface area (Å²) in [7, 11) is 0. The van der Waals surface area contributed by atoms with Gasteiger partial charge >= 0.3 is 5.69 Å². The molecule has 0 spiro atoms. The molecule has 1 aromatic heterocycles. The lowest BCUT2D eigenvalue weighted by molar-refractivity contribution is -0.239. The maximum atomic E-state index is 13.0. The van der Waals surface area contributed by atoms with Crippen molar-refractivity contribution in [1.29, 1.82) is 0 Å². The molecule has 2 aliphatic heterocycles. The lowest BCUT2D eigenvalue weighted by Crippen LogP contribution is -2.52. The van der Waals surface area contributed by atoms with Crippen LogP contribution in [0.4, 0.5) is 5.69 Å². The molecule has 3 heterocycles. The van der Waals surface area contributed by atoms with Crippen molar-refractivity contribution >= 4 is 17.5 Å². The van der Waals surface area contributed by atoms with Gasteiger partial charge in [0.1, 0.15) is 30.2 Å². The molecule has 1 saturated heterocycles. The van der Waals surface area contributed by atoms with E-state index in [2.05, 4.69) is 12.2 Å². The Morgan fingerprint density at radius 3 is 2.47 bits per heavy atom. The number of nitrogens with one attached hydrogen (secondary N) is 2. The number of aliphatic hydroxyl groups excluding tert-OH is 4. The predicted octanol–water partition coefficient (Wildman–Crippen LogP) is -1.17. The third kappa shape index (κ3) is 8.16. The maximum absolute atomic E-state index is 13.0. The SMILES string of the molecule is CCCCCCOc1ccc(NC(=O)C2=C[C@H](O)[C@H](O)[C@@H](O[C@@H](C(N)=O)[C@H]3O[C@@H](n4ccc(=O)[nH]c4=O)[C@H](O)[C@@H]3CO)O2)cc1. The number of aromatic nitrogens is 2. The second kappa shape index (κ2) is 15.3. The van der Waals surface area contributed by atoms with E-state index in [1.54, 1.807) is 24.3 Å². The number of hydrogen-bond donors (Lipinski definition) is 7. The van der Waals surface area contributed by atoms with Gasteiger partial charge in [-0.25, -0.2) is 4.79 Å². The number of H-pyrrole nitrogens is 1. The molecule has 2 aromatic rings. The summed E-state index contributed by atoms with van der Waals surface area (Å²) in [5.41, 5.74) is 4.28. The van der Waals surface area contributed by atoms with Crippen LogP contribution in [0.5, 0.6) is 5.75 Å². The first kappa shape index (κ1) is 33.8. The van der Waals surface area contributed by atoms with Crippen LogP contribution in [-0.4, -0.2) is 91.8 Å². The molecule has 8 N–H and O–H groups in total. The third-order valence-corrected chi connectivity index (χ3v) is 7.44. The zero-order valence-corrected chi connectivity index (χ0v) is 24.5. The Bertz CT molecular complexity index is 1460. The van der Waals surface area contributed by atoms with E-state index in [0.717, 1.165) is 48.6 Å². The summed E-state index contributed by atoms with van der Waals surface area (Å²) in [6.07, 6.45) is -5.38. The van der Waals surface area contributed by atoms with Crippen molar-refractivity contribution in [2.45, 2.75) is 75.6 Å². The number of nitrogens with zero attached hydrogens (tertiary/aromatic N) is 1. The van der Waals surface area contributed by atoms with Gasteiger partial charge in [-0.3, -0.25) is 23.9 Å². The lowest BCUT2D eigenvalue weighted by atomic mass is 9.94. The number of carbonyl (C=O) groups excluding carboxylic acids is 2. The van der Waals surface area contributed by atoms with Gasteiger partial charge in [0, 0.05) is 23.9 Å². The average molecular weight is 635 g/mol. The molecule has 16 nitrogen and oxygen atoms in total. The van der Waals surface area contributed by atoms with Crippen LogP contribution in [-0.2, 0) is 23.8 Å². The molecule has 0 radical (unpaired) electrons. The van der Waals surface area contributed by atoms with Gasteiger partial charge in [0.2, 0.25) is 12.2 Å². The van der Waals surface area contributed by atoms with Crippen LogP contribution in [0, 0.1) is 5.92 Å². The van der Waals surface area contributed by atoms with Crippen molar-refractivity contribution < 1.29 is 49.0 Å². The van der Waals surface area contributed by atoms with Crippen LogP contribution < -0.4 is 27.0 Å². The van der Waals surface area contributed by atoms with Gasteiger partial charge in [-0.1, -0.05) is 26.2 Å². The van der Waals surface area contributed by atoms with Crippen molar-refractivity contribution in [3.05, 3.63) is 69.2 Å². The normalized spacial score (nSPS) is 26.9. The van der Waals surface area contributed by atoms with Crippen LogP contribution >= 0.6 is 0 Å². The highest BCUT2D eigenvalue weighted by Gasteiger charge is 2.51. The smallest absolute Gasteiger partial charge is 0.330 e. The van der Waals surface area contributed by atoms with Crippen molar-refractivity contribution in [2.75, 3.05) is 18.5 Å². The average Bonchev–Trinajstić information content (AvgIpc) is 3.33. The van der Waals surface area contributed by atoms with Gasteiger partial charge in [-0.05, 0) is 36.8 Å². The van der Waals surface area contributed by atoms with Crippen molar-refractivity contribution in [1.82, 2.24) is 9.55 Å². The lowest BCUT2D eigenvalue weighted by Gasteiger charge is -2.35. The third-order valence-electron chi connectivity index (χ3n) is 7.44. The molecule has 2 aliphatic rings. The van der Waals surface area contributed by atoms with Gasteiger partial charge in [0.05, 0.1) is 13.2 Å². The van der Waals surface area contributed by atoms with Crippen LogP contribution in [0.3, 0.4) is 0 Å². The van der Waals surface area contributed by atoms with E-state index in [0.29, 0.717) is 18.0 Å². The monoisotopic (exact) mass is 634 g/mol. The molecule has 1 fully saturated rings. The van der Waals surface area contributed by atoms with Crippen LogP contribution in [0.25, 0.3) is 0 Å². The molecule has 0 bridgehead atoms. The highest BCUT2D eigenvalue weighted by Crippen LogP contribution is 2.36. The Hall–Kier alpha value is -4.06. The fourth-order valence-corrected chi connectivity index (χ4v) is 5.00. The standard InChI is InChI=1S/C29H38N4O12/c1-2-3-4-5-12-42-16-8-6-15(7-9-16)31-26(40)19-13-18(35)22(38)28(43-19)45-24(25(30)39)23-17(14-34)21(37)27(44-23)33-11-10-20(36)32-29(33)41/h6-11,13,17-18,21-24,27-28,34-35,37-38H,2-5,12,14H2,1H3,(H2,30,39)(H,31,40)(H,32,36,41)/t17-,18-,21+,22-,23-,24+,27+,28+/m0/s1. The molecular formula is C29H38N4O12. The molecule has 45 heavy (non-hydrogen) atoms. The Labute approximate surface area is 257 Å². The second-order valence-electron chi connectivity index (χ2n) is 10.7. The van der Waals surface area contributed by atoms with E-state index in [9.17, 15) is 39.6 Å². The number of anilines is 1. The molecule has 2 amide bonds. The summed E-state index contributed by atoms with van der Waals surface area (Å²) < 4.78 is 23.4. The molecule has 0 aliphatic carbocycles. The van der Waals surface area contributed by atoms with Crippen LogP contribution in [0.2, 0.25) is 0 Å². The van der Waals surface area contributed by atoms with E-state index < -0.39 is 84.4 Å². The van der Waals surface area contributed by atoms with E-state index >= 15 is 0 Å². The van der Waals surface area contributed by atoms with Gasteiger partial charge < -0.3 is 50.4 Å². The summed E-state index contributed by atoms with van der Waals surface area (Å²) in [6, 6.07) is 7.57. The zero-order chi connectivity index (χ0) is 32.7. The van der Waals surface area contributed by atoms with Crippen LogP contribution in [0.1, 0.15) is 38.8 Å². The number of aliphatic hydroxyl groups is 4. The van der Waals surface area contributed by atoms with Crippen LogP contribution in [0.15, 0.2) is 58.0 Å². The van der Waals surface area contributed by atoms with Gasteiger partial charge in [-0.15, -0.1) is 0 Å². The largest absolute Gasteiger partial charge is 0.494 e. The van der Waals surface area contributed by atoms with Gasteiger partial charge in [-0.2, -0.15) is 0 Å². The summed E-state index contributed by atoms with van der Waals surface area (Å²) in [4.78, 5) is 51.2. The first-order chi connectivity index (χ1) is 21.5. The zero-order valence-electron chi connectivity index (χ0n) is 24.5. The fourth-order valence-electron chi connectivity index (χ4n) is 5.00. The second-order valence-corrected chi connectivity index (χ2v) is 10.7. The summed E-state index contributed by atoms with van der Waals surface area (Å²) in [5, 5.41) is 44.4. The van der Waals surface area contributed by atoms with Crippen molar-refractivity contribution in [2.24, 2.45) is 11.7 Å². The first-order valence-electron chi connectivity index (χ1n) is 14.5. The minimum Gasteiger partial charge on any atom is -0.494 e. The number of carbonyl (C=O) groups is 2. The number of aromatic amines is 1. The Kier molecular flexibility index (Phi) is 11.5. The summed E-state index contributed by atoms with van der Waals surface area (Å²) in [6.45, 7) is 1.94. The minimum atomic E-state index is -1.83. The molecular weight excluding hydrogens is 596 g/mol. The fraction of sp³-hybridized carbons (Fsp3) is 0.517. The van der Waals surface area contributed by atoms with Gasteiger partial charge in [0.25, 0.3) is 11.5 Å². The number of rotatable bonds is 14. The Balaban J connectivity index is 1.43. The molecule has 0 unspecified atom stereocenters. The molecule has 4 rings (SSSR count). The van der Waals surface area contributed by atoms with E-state index in [1.807, 2.05) is 4.98 Å². The highest BCUT2D eigenvalue weighted by molar-refractivity contribution is 6.02. The quantitative estimate of drug-likeness (QED) is 0.122. The summed E-state index contributed by atoms with van der Waals surface area (Å²) >= 11 is 0. The first-order valence-corrected chi connectivity index (χ1v) is 14.5. The Morgan fingerprint density at radius 1 is 1.09 bits per heavy atom. The Morgan fingerprint density at radius 2 is 1.82 bits per heavy atom. The van der Waals surface area contributed by atoms with E-state index in [-0.39, 0.29) is 0 Å². The number of unbranched alkanes of at least 4 members (excludes halogenated alkanes) is 3. The number of benzene rings is 1. The molecule has 8 atom stereocenters. The summed E-state index contributed by atoms with van der Waals surface area (Å²) in [5.74, 6) is -3.04. The topological polar surface area (TPSA) is 245 Å². The van der Waals surface area contributed by atoms with Gasteiger partial charge in [0.15, 0.2) is 18.1 Å². The molecule has 246 valence electrons. The molecule has 16 heteroatoms. The van der Waals surface area contributed by atoms with E-state index in [4.69, 9.17) is 24.7 Å². The number of nitrogens with two attached hydrogens (primary N) is 1. The predicted molar refractivity (Wildman–Crippen MR) is 156 cm³/mol. The number of ether oxygens (including phenoxy) is 4. The molecule has 0 saturated carbocycles. The highest BCUT2D eigenvalue weighted by atomic mass is 16.7. The van der Waals surface area contributed by atoms with Crippen molar-refractivity contribution in [3.8, 4) is 5.75 Å². The van der Waals surface area contributed by atoms with Crippen molar-refractivity contribution in [3.63, 3.8) is 0 Å². The number of primary amides is 1. The van der Waals surface area contributed by atoms with E-state index in [1.165, 1.54) is 0 Å². The maximum Gasteiger partial charge on any atom is 0.330 e. The number of hydrogen-bond acceptors (Lipinski definition) is 12.